The molecule has 17 heavy (non-hydrogen) atoms. The summed E-state index contributed by atoms with van der Waals surface area (Å²) in [5.41, 5.74) is 0. The largest absolute Gasteiger partial charge is 0.381 e. The van der Waals surface area contributed by atoms with Crippen LogP contribution in [0.15, 0.2) is 4.52 Å². The van der Waals surface area contributed by atoms with Crippen LogP contribution in [-0.2, 0) is 11.3 Å². The fraction of sp³-hybridized carbons (Fsp3) is 0.833. The average molecular weight is 237 g/mol. The molecule has 1 saturated heterocycles. The zero-order valence-corrected chi connectivity index (χ0v) is 10.3. The minimum absolute atomic E-state index is 0.680. The van der Waals surface area contributed by atoms with Crippen molar-refractivity contribution in [3.8, 4) is 0 Å². The average Bonchev–Trinajstić information content (AvgIpc) is 2.89. The zero-order valence-electron chi connectivity index (χ0n) is 10.3. The molecule has 0 unspecified atom stereocenters. The molecule has 0 spiro atoms. The highest BCUT2D eigenvalue weighted by Gasteiger charge is 2.32. The van der Waals surface area contributed by atoms with Crippen molar-refractivity contribution in [2.45, 2.75) is 38.8 Å². The lowest BCUT2D eigenvalue weighted by atomic mass is 10.1. The summed E-state index contributed by atoms with van der Waals surface area (Å²) < 4.78 is 10.6. The van der Waals surface area contributed by atoms with Crippen LogP contribution >= 0.6 is 0 Å². The van der Waals surface area contributed by atoms with E-state index in [-0.39, 0.29) is 0 Å². The van der Waals surface area contributed by atoms with Crippen LogP contribution in [0.2, 0.25) is 0 Å². The third-order valence-corrected chi connectivity index (χ3v) is 3.49. The highest BCUT2D eigenvalue weighted by Crippen LogP contribution is 2.30. The van der Waals surface area contributed by atoms with Gasteiger partial charge in [0.1, 0.15) is 0 Å². The van der Waals surface area contributed by atoms with Gasteiger partial charge in [-0.3, -0.25) is 4.90 Å². The van der Waals surface area contributed by atoms with E-state index in [0.29, 0.717) is 5.92 Å². The SMILES string of the molecule is Cc1noc(CN(C[C@H]2CCOC2)C2CC2)n1. The summed E-state index contributed by atoms with van der Waals surface area (Å²) in [7, 11) is 0. The van der Waals surface area contributed by atoms with Gasteiger partial charge in [-0.2, -0.15) is 4.98 Å². The van der Waals surface area contributed by atoms with Crippen LogP contribution in [0.25, 0.3) is 0 Å². The van der Waals surface area contributed by atoms with Crippen molar-refractivity contribution >= 4 is 0 Å². The van der Waals surface area contributed by atoms with Gasteiger partial charge in [-0.1, -0.05) is 5.16 Å². The molecule has 1 aromatic heterocycles. The van der Waals surface area contributed by atoms with Gasteiger partial charge in [0.05, 0.1) is 13.2 Å². The number of nitrogens with zero attached hydrogens (tertiary/aromatic N) is 3. The third-order valence-electron chi connectivity index (χ3n) is 3.49. The fourth-order valence-corrected chi connectivity index (χ4v) is 2.42. The Kier molecular flexibility index (Phi) is 3.11. The second-order valence-corrected chi connectivity index (χ2v) is 5.13. The second-order valence-electron chi connectivity index (χ2n) is 5.13. The predicted octanol–water partition coefficient (Wildman–Crippen LogP) is 1.38. The van der Waals surface area contributed by atoms with Crippen LogP contribution < -0.4 is 0 Å². The van der Waals surface area contributed by atoms with Gasteiger partial charge < -0.3 is 9.26 Å². The number of aromatic nitrogens is 2. The van der Waals surface area contributed by atoms with Gasteiger partial charge in [-0.05, 0) is 32.1 Å². The highest BCUT2D eigenvalue weighted by molar-refractivity contribution is 4.90. The molecule has 1 aliphatic heterocycles. The normalized spacial score (nSPS) is 24.7. The molecular weight excluding hydrogens is 218 g/mol. The molecule has 5 heteroatoms. The van der Waals surface area contributed by atoms with Crippen molar-refractivity contribution in [1.82, 2.24) is 15.0 Å². The molecular formula is C12H19N3O2. The van der Waals surface area contributed by atoms with Crippen LogP contribution in [0.1, 0.15) is 31.0 Å². The van der Waals surface area contributed by atoms with E-state index in [9.17, 15) is 0 Å². The lowest BCUT2D eigenvalue weighted by Gasteiger charge is -2.22. The number of aryl methyl sites for hydroxylation is 1. The molecule has 1 aromatic rings. The fourth-order valence-electron chi connectivity index (χ4n) is 2.42. The lowest BCUT2D eigenvalue weighted by molar-refractivity contribution is 0.153. The number of rotatable bonds is 5. The predicted molar refractivity (Wildman–Crippen MR) is 61.4 cm³/mol. The van der Waals surface area contributed by atoms with Gasteiger partial charge in [0, 0.05) is 19.2 Å². The van der Waals surface area contributed by atoms with Gasteiger partial charge in [-0.25, -0.2) is 0 Å². The number of hydrogen-bond donors (Lipinski definition) is 0. The van der Waals surface area contributed by atoms with Crippen LogP contribution in [0.4, 0.5) is 0 Å². The molecule has 0 bridgehead atoms. The summed E-state index contributed by atoms with van der Waals surface area (Å²) in [6, 6.07) is 0.725. The first-order chi connectivity index (χ1) is 8.31. The van der Waals surface area contributed by atoms with Crippen LogP contribution in [0.5, 0.6) is 0 Å². The summed E-state index contributed by atoms with van der Waals surface area (Å²) in [6.45, 7) is 5.59. The quantitative estimate of drug-likeness (QED) is 0.774. The van der Waals surface area contributed by atoms with Crippen molar-refractivity contribution in [3.63, 3.8) is 0 Å². The van der Waals surface area contributed by atoms with E-state index in [2.05, 4.69) is 15.0 Å². The van der Waals surface area contributed by atoms with Crippen molar-refractivity contribution < 1.29 is 9.26 Å². The molecule has 1 aliphatic carbocycles. The second kappa shape index (κ2) is 4.74. The number of ether oxygens (including phenoxy) is 1. The highest BCUT2D eigenvalue weighted by atomic mass is 16.5. The van der Waals surface area contributed by atoms with Crippen LogP contribution in [0.3, 0.4) is 0 Å². The van der Waals surface area contributed by atoms with E-state index in [0.717, 1.165) is 44.1 Å². The molecule has 1 saturated carbocycles. The maximum Gasteiger partial charge on any atom is 0.240 e. The van der Waals surface area contributed by atoms with Crippen molar-refractivity contribution in [2.24, 2.45) is 5.92 Å². The van der Waals surface area contributed by atoms with Crippen LogP contribution in [-0.4, -0.2) is 40.8 Å². The first-order valence-corrected chi connectivity index (χ1v) is 6.42. The molecule has 2 aliphatic rings. The molecule has 0 amide bonds. The van der Waals surface area contributed by atoms with E-state index in [4.69, 9.17) is 9.26 Å². The first kappa shape index (κ1) is 11.2. The molecule has 2 heterocycles. The van der Waals surface area contributed by atoms with Crippen LogP contribution in [0, 0.1) is 12.8 Å². The van der Waals surface area contributed by atoms with E-state index in [1.54, 1.807) is 0 Å². The van der Waals surface area contributed by atoms with Crippen molar-refractivity contribution in [1.29, 1.82) is 0 Å². The molecule has 2 fully saturated rings. The van der Waals surface area contributed by atoms with Gasteiger partial charge >= 0.3 is 0 Å². The molecule has 0 aromatic carbocycles. The molecule has 0 radical (unpaired) electrons. The Bertz CT molecular complexity index is 370. The Hall–Kier alpha value is -0.940. The monoisotopic (exact) mass is 237 g/mol. The topological polar surface area (TPSA) is 51.4 Å². The lowest BCUT2D eigenvalue weighted by Crippen LogP contribution is -2.31. The van der Waals surface area contributed by atoms with Gasteiger partial charge in [0.25, 0.3) is 0 Å². The van der Waals surface area contributed by atoms with Gasteiger partial charge in [-0.15, -0.1) is 0 Å². The maximum atomic E-state index is 5.43. The summed E-state index contributed by atoms with van der Waals surface area (Å²) in [4.78, 5) is 6.76. The van der Waals surface area contributed by atoms with Crippen molar-refractivity contribution in [2.75, 3.05) is 19.8 Å². The van der Waals surface area contributed by atoms with Gasteiger partial charge in [0.15, 0.2) is 5.82 Å². The van der Waals surface area contributed by atoms with E-state index >= 15 is 0 Å². The summed E-state index contributed by atoms with van der Waals surface area (Å²) in [5, 5.41) is 3.84. The first-order valence-electron chi connectivity index (χ1n) is 6.42. The third kappa shape index (κ3) is 2.84. The Morgan fingerprint density at radius 3 is 2.82 bits per heavy atom. The van der Waals surface area contributed by atoms with Crippen molar-refractivity contribution in [3.05, 3.63) is 11.7 Å². The minimum atomic E-state index is 0.680. The number of hydrogen-bond acceptors (Lipinski definition) is 5. The Morgan fingerprint density at radius 2 is 2.24 bits per heavy atom. The summed E-state index contributed by atoms with van der Waals surface area (Å²) in [6.07, 6.45) is 3.80. The molecule has 5 nitrogen and oxygen atoms in total. The van der Waals surface area contributed by atoms with Gasteiger partial charge in [0.2, 0.25) is 5.89 Å². The smallest absolute Gasteiger partial charge is 0.240 e. The molecule has 3 rings (SSSR count). The standard InChI is InChI=1S/C12H19N3O2/c1-9-13-12(17-14-9)7-15(11-2-3-11)6-10-4-5-16-8-10/h10-11H,2-8H2,1H3/t10-/m1/s1. The minimum Gasteiger partial charge on any atom is -0.381 e. The van der Waals surface area contributed by atoms with E-state index in [1.165, 1.54) is 19.3 Å². The summed E-state index contributed by atoms with van der Waals surface area (Å²) >= 11 is 0. The Labute approximate surface area is 101 Å². The molecule has 94 valence electrons. The zero-order chi connectivity index (χ0) is 11.7. The van der Waals surface area contributed by atoms with E-state index in [1.807, 2.05) is 6.92 Å². The molecule has 0 N–H and O–H groups in total. The summed E-state index contributed by atoms with van der Waals surface area (Å²) in [5.74, 6) is 2.15. The Morgan fingerprint density at radius 1 is 1.35 bits per heavy atom. The maximum absolute atomic E-state index is 5.43. The molecule has 1 atom stereocenters. The Balaban J connectivity index is 1.59. The van der Waals surface area contributed by atoms with E-state index < -0.39 is 0 Å².